The largest absolute Gasteiger partial charge is 0.519 e. The predicted molar refractivity (Wildman–Crippen MR) is 139 cm³/mol. The Balaban J connectivity index is 0.000000592. The molecular formula is C25H44N2O13. The Kier molecular flexibility index (Phi) is 13.8. The van der Waals surface area contributed by atoms with Crippen molar-refractivity contribution in [2.75, 3.05) is 13.1 Å². The van der Waals surface area contributed by atoms with Crippen LogP contribution in [0.4, 0.5) is 14.4 Å². The number of rotatable bonds is 2. The molecule has 15 nitrogen and oxygen atoms in total. The number of carbonyl (C=O) groups is 5. The van der Waals surface area contributed by atoms with Crippen LogP contribution in [-0.2, 0) is 28.5 Å². The van der Waals surface area contributed by atoms with Gasteiger partial charge < -0.3 is 44.7 Å². The zero-order valence-corrected chi connectivity index (χ0v) is 24.5. The summed E-state index contributed by atoms with van der Waals surface area (Å²) in [6.45, 7) is 15.5. The first-order valence-electron chi connectivity index (χ1n) is 12.6. The number of carbonyl (C=O) groups excluding carboxylic acids is 3. The Morgan fingerprint density at radius 2 is 1.15 bits per heavy atom. The van der Waals surface area contributed by atoms with E-state index in [1.165, 1.54) is 0 Å². The number of nitrogens with one attached hydrogen (secondary N) is 1. The maximum absolute atomic E-state index is 11.7. The molecule has 40 heavy (non-hydrogen) atoms. The topological polar surface area (TPSA) is 218 Å². The van der Waals surface area contributed by atoms with Crippen molar-refractivity contribution in [2.45, 2.75) is 116 Å². The summed E-state index contributed by atoms with van der Waals surface area (Å²) in [5.41, 5.74) is -2.06. The molecule has 2 aliphatic heterocycles. The second-order valence-corrected chi connectivity index (χ2v) is 12.1. The number of β-amino-alcohol motifs (C(OH)–C–C–N with tert-alkyl or cyclic N) is 2. The van der Waals surface area contributed by atoms with Crippen molar-refractivity contribution < 1.29 is 63.3 Å². The van der Waals surface area contributed by atoms with Gasteiger partial charge in [-0.25, -0.2) is 19.2 Å². The van der Waals surface area contributed by atoms with Crippen molar-refractivity contribution >= 4 is 30.3 Å². The summed E-state index contributed by atoms with van der Waals surface area (Å²) in [4.78, 5) is 55.8. The van der Waals surface area contributed by atoms with Crippen molar-refractivity contribution in [1.82, 2.24) is 10.2 Å². The van der Waals surface area contributed by atoms with Crippen LogP contribution in [0, 0.1) is 0 Å². The van der Waals surface area contributed by atoms with Crippen LogP contribution in [0.25, 0.3) is 0 Å². The second kappa shape index (κ2) is 15.0. The predicted octanol–water partition coefficient (Wildman–Crippen LogP) is 2.11. The van der Waals surface area contributed by atoms with E-state index >= 15 is 0 Å². The number of hydrogen-bond acceptors (Lipinski definition) is 12. The fraction of sp³-hybridized carbons (Fsp3) is 0.800. The normalized spacial score (nSPS) is 22.5. The first-order valence-corrected chi connectivity index (χ1v) is 12.6. The lowest BCUT2D eigenvalue weighted by atomic mass is 10.2. The molecule has 5 N–H and O–H groups in total. The Bertz CT molecular complexity index is 861. The number of carboxylic acids is 2. The molecule has 2 saturated heterocycles. The zero-order chi connectivity index (χ0) is 31.6. The Labute approximate surface area is 233 Å². The average Bonchev–Trinajstić information content (AvgIpc) is 3.30. The van der Waals surface area contributed by atoms with Crippen molar-refractivity contribution in [3.8, 4) is 0 Å². The third-order valence-electron chi connectivity index (χ3n) is 4.54. The molecule has 2 aliphatic rings. The molecule has 0 saturated carbocycles. The Hall–Kier alpha value is -3.17. The van der Waals surface area contributed by atoms with E-state index < -0.39 is 71.4 Å². The number of carboxylic acid groups (broad SMARTS) is 2. The fourth-order valence-electron chi connectivity index (χ4n) is 3.09. The van der Waals surface area contributed by atoms with Crippen LogP contribution in [0.1, 0.15) is 75.2 Å². The van der Waals surface area contributed by atoms with E-state index in [2.05, 4.69) is 10.1 Å². The van der Waals surface area contributed by atoms with Crippen LogP contribution in [-0.4, -0.2) is 110 Å². The van der Waals surface area contributed by atoms with Gasteiger partial charge in [-0.3, -0.25) is 9.69 Å². The highest BCUT2D eigenvalue weighted by atomic mass is 16.8. The number of ether oxygens (including phenoxy) is 4. The van der Waals surface area contributed by atoms with Gasteiger partial charge in [0, 0.05) is 19.4 Å². The van der Waals surface area contributed by atoms with Gasteiger partial charge in [0.25, 0.3) is 0 Å². The van der Waals surface area contributed by atoms with E-state index in [-0.39, 0.29) is 13.0 Å². The molecule has 0 aromatic rings. The number of aliphatic hydroxyl groups excluding tert-OH is 2. The molecular weight excluding hydrogens is 536 g/mol. The molecule has 15 heteroatoms. The number of hydrogen-bond donors (Lipinski definition) is 5. The fourth-order valence-corrected chi connectivity index (χ4v) is 3.09. The van der Waals surface area contributed by atoms with E-state index in [0.29, 0.717) is 13.0 Å². The van der Waals surface area contributed by atoms with Crippen molar-refractivity contribution in [3.63, 3.8) is 0 Å². The van der Waals surface area contributed by atoms with Gasteiger partial charge in [-0.05, 0) is 62.3 Å². The number of aliphatic hydroxyl groups is 2. The van der Waals surface area contributed by atoms with Crippen molar-refractivity contribution in [1.29, 1.82) is 0 Å². The molecule has 2 fully saturated rings. The second-order valence-electron chi connectivity index (χ2n) is 12.1. The lowest BCUT2D eigenvalue weighted by Crippen LogP contribution is -2.43. The molecule has 0 aromatic carbocycles. The summed E-state index contributed by atoms with van der Waals surface area (Å²) in [6, 6.07) is -1.54. The first-order chi connectivity index (χ1) is 17.9. The minimum Gasteiger partial charge on any atom is -0.480 e. The summed E-state index contributed by atoms with van der Waals surface area (Å²) in [7, 11) is 0. The van der Waals surface area contributed by atoms with Crippen LogP contribution in [0.3, 0.4) is 0 Å². The molecule has 1 unspecified atom stereocenters. The maximum Gasteiger partial charge on any atom is 0.519 e. The van der Waals surface area contributed by atoms with Gasteiger partial charge >= 0.3 is 30.3 Å². The van der Waals surface area contributed by atoms with Gasteiger partial charge in [-0.2, -0.15) is 0 Å². The Morgan fingerprint density at radius 3 is 1.45 bits per heavy atom. The van der Waals surface area contributed by atoms with E-state index in [9.17, 15) is 29.1 Å². The molecule has 0 aliphatic carbocycles. The van der Waals surface area contributed by atoms with Crippen molar-refractivity contribution in [3.05, 3.63) is 0 Å². The summed E-state index contributed by atoms with van der Waals surface area (Å²) < 4.78 is 18.9. The van der Waals surface area contributed by atoms with E-state index in [1.807, 2.05) is 0 Å². The summed E-state index contributed by atoms with van der Waals surface area (Å²) in [5, 5.41) is 38.1. The van der Waals surface area contributed by atoms with Gasteiger partial charge in [-0.1, -0.05) is 0 Å². The Morgan fingerprint density at radius 1 is 0.700 bits per heavy atom. The molecule has 2 heterocycles. The summed E-state index contributed by atoms with van der Waals surface area (Å²) in [6.07, 6.45) is -3.71. The van der Waals surface area contributed by atoms with Gasteiger partial charge in [0.1, 0.15) is 28.9 Å². The molecule has 0 aromatic heterocycles. The summed E-state index contributed by atoms with van der Waals surface area (Å²) in [5.74, 6) is -2.01. The van der Waals surface area contributed by atoms with Gasteiger partial charge in [0.15, 0.2) is 0 Å². The van der Waals surface area contributed by atoms with Crippen molar-refractivity contribution in [2.24, 2.45) is 0 Å². The monoisotopic (exact) mass is 580 g/mol. The highest BCUT2D eigenvalue weighted by Gasteiger charge is 2.40. The molecule has 4 atom stereocenters. The summed E-state index contributed by atoms with van der Waals surface area (Å²) >= 11 is 0. The molecule has 0 radical (unpaired) electrons. The van der Waals surface area contributed by atoms with E-state index in [1.54, 1.807) is 62.3 Å². The lowest BCUT2D eigenvalue weighted by molar-refractivity contribution is -0.142. The standard InChI is InChI=1S/C10H17NO5.C10H18O5.C5H9NO3/c1-10(2,3)16-9(15)11-5-6(12)4-7(11)8(13)14;1-9(2,3)14-7(11)13-8(12)15-10(4,5)6;7-3-1-4(5(8)9)6-2-3/h6-7,12H,4-5H2,1-3H3,(H,13,14);1-6H3;3-4,6-7H,1-2H2,(H,8,9)/t6-,7?;;3-,4+/m1.1/s1. The van der Waals surface area contributed by atoms with Gasteiger partial charge in [0.05, 0.1) is 18.8 Å². The highest BCUT2D eigenvalue weighted by molar-refractivity contribution is 5.81. The lowest BCUT2D eigenvalue weighted by Gasteiger charge is -2.26. The van der Waals surface area contributed by atoms with Crippen LogP contribution in [0.5, 0.6) is 0 Å². The smallest absolute Gasteiger partial charge is 0.480 e. The zero-order valence-electron chi connectivity index (χ0n) is 24.5. The third kappa shape index (κ3) is 16.7. The van der Waals surface area contributed by atoms with Gasteiger partial charge in [-0.15, -0.1) is 0 Å². The van der Waals surface area contributed by atoms with Crippen LogP contribution < -0.4 is 5.32 Å². The minimum atomic E-state index is -1.12. The minimum absolute atomic E-state index is 0.00583. The number of amides is 1. The maximum atomic E-state index is 11.7. The third-order valence-corrected chi connectivity index (χ3v) is 4.54. The number of nitrogens with zero attached hydrogens (tertiary/aromatic N) is 1. The van der Waals surface area contributed by atoms with E-state index in [0.717, 1.165) is 4.90 Å². The SMILES string of the molecule is CC(C)(C)OC(=O)N1C[C@H](O)CC1C(=O)O.CC(C)(C)OC(=O)OC(=O)OC(C)(C)C.O=C(O)[C@@H]1C[C@@H](O)CN1. The molecule has 0 spiro atoms. The van der Waals surface area contributed by atoms with Gasteiger partial charge in [0.2, 0.25) is 0 Å². The first kappa shape index (κ1) is 36.8. The quantitative estimate of drug-likeness (QED) is 0.179. The van der Waals surface area contributed by atoms with E-state index in [4.69, 9.17) is 29.5 Å². The van der Waals surface area contributed by atoms with Crippen LogP contribution in [0.2, 0.25) is 0 Å². The molecule has 1 amide bonds. The average molecular weight is 581 g/mol. The molecule has 2 rings (SSSR count). The number of aliphatic carboxylic acids is 2. The highest BCUT2D eigenvalue weighted by Crippen LogP contribution is 2.21. The van der Waals surface area contributed by atoms with Crippen LogP contribution >= 0.6 is 0 Å². The molecule has 232 valence electrons. The van der Waals surface area contributed by atoms with Crippen LogP contribution in [0.15, 0.2) is 0 Å². The molecule has 0 bridgehead atoms. The number of likely N-dealkylation sites (tertiary alicyclic amines) is 1.